The molecule has 3 heterocycles. The Morgan fingerprint density at radius 1 is 1.38 bits per heavy atom. The maximum atomic E-state index is 12.4. The minimum absolute atomic E-state index is 0.142. The minimum Gasteiger partial charge on any atom is -0.477 e. The van der Waals surface area contributed by atoms with Gasteiger partial charge in [0.25, 0.3) is 5.56 Å². The molecule has 2 aromatic heterocycles. The predicted molar refractivity (Wildman–Crippen MR) is 89.4 cm³/mol. The third-order valence-corrected chi connectivity index (χ3v) is 4.40. The molecule has 0 saturated carbocycles. The van der Waals surface area contributed by atoms with Crippen molar-refractivity contribution in [3.63, 3.8) is 0 Å². The van der Waals surface area contributed by atoms with Crippen LogP contribution in [0.15, 0.2) is 35.5 Å². The van der Waals surface area contributed by atoms with Crippen molar-refractivity contribution in [2.24, 2.45) is 5.92 Å². The highest BCUT2D eigenvalue weighted by atomic mass is 16.4. The molecule has 24 heavy (non-hydrogen) atoms. The molecule has 1 fully saturated rings. The van der Waals surface area contributed by atoms with E-state index < -0.39 is 11.5 Å². The lowest BCUT2D eigenvalue weighted by molar-refractivity contribution is 0.0693. The van der Waals surface area contributed by atoms with Crippen LogP contribution in [-0.4, -0.2) is 38.7 Å². The second kappa shape index (κ2) is 6.82. The van der Waals surface area contributed by atoms with Gasteiger partial charge in [-0.15, -0.1) is 0 Å². The molecular formula is C17H20N4O3. The Labute approximate surface area is 139 Å². The van der Waals surface area contributed by atoms with Gasteiger partial charge in [0.05, 0.1) is 0 Å². The summed E-state index contributed by atoms with van der Waals surface area (Å²) in [5.74, 6) is -0.218. The average molecular weight is 328 g/mol. The first-order chi connectivity index (χ1) is 11.6. The average Bonchev–Trinajstić information content (AvgIpc) is 2.58. The van der Waals surface area contributed by atoms with Gasteiger partial charge in [0.1, 0.15) is 5.56 Å². The van der Waals surface area contributed by atoms with Gasteiger partial charge in [-0.05, 0) is 43.4 Å². The molecule has 1 saturated heterocycles. The monoisotopic (exact) mass is 328 g/mol. The van der Waals surface area contributed by atoms with Gasteiger partial charge < -0.3 is 14.6 Å². The lowest BCUT2D eigenvalue weighted by Gasteiger charge is -2.33. The topological polar surface area (TPSA) is 88.3 Å². The molecule has 2 aromatic rings. The van der Waals surface area contributed by atoms with E-state index in [4.69, 9.17) is 0 Å². The van der Waals surface area contributed by atoms with Crippen molar-refractivity contribution in [2.75, 3.05) is 18.0 Å². The number of anilines is 1. The number of carboxylic acid groups (broad SMARTS) is 1. The molecule has 0 amide bonds. The van der Waals surface area contributed by atoms with Crippen molar-refractivity contribution in [1.29, 1.82) is 0 Å². The van der Waals surface area contributed by atoms with Crippen LogP contribution in [0.5, 0.6) is 0 Å². The molecule has 1 unspecified atom stereocenters. The van der Waals surface area contributed by atoms with Gasteiger partial charge >= 0.3 is 5.97 Å². The number of carbonyl (C=O) groups is 1. The summed E-state index contributed by atoms with van der Waals surface area (Å²) in [5, 5.41) is 9.23. The molecule has 0 aromatic carbocycles. The van der Waals surface area contributed by atoms with Crippen LogP contribution in [0.1, 0.15) is 28.8 Å². The number of aryl methyl sites for hydroxylation is 1. The van der Waals surface area contributed by atoms with E-state index in [1.807, 2.05) is 0 Å². The Morgan fingerprint density at radius 3 is 2.83 bits per heavy atom. The van der Waals surface area contributed by atoms with E-state index in [1.54, 1.807) is 37.6 Å². The quantitative estimate of drug-likeness (QED) is 0.916. The summed E-state index contributed by atoms with van der Waals surface area (Å²) in [7, 11) is 0. The predicted octanol–water partition coefficient (Wildman–Crippen LogP) is 1.56. The highest BCUT2D eigenvalue weighted by Crippen LogP contribution is 2.21. The van der Waals surface area contributed by atoms with Gasteiger partial charge in [-0.1, -0.05) is 0 Å². The van der Waals surface area contributed by atoms with Crippen molar-refractivity contribution >= 4 is 11.9 Å². The summed E-state index contributed by atoms with van der Waals surface area (Å²) in [6, 6.07) is 3.47. The van der Waals surface area contributed by atoms with E-state index in [9.17, 15) is 14.7 Å². The molecule has 7 nitrogen and oxygen atoms in total. The minimum atomic E-state index is -1.17. The maximum Gasteiger partial charge on any atom is 0.341 e. The van der Waals surface area contributed by atoms with Crippen LogP contribution in [0, 0.1) is 12.8 Å². The lowest BCUT2D eigenvalue weighted by atomic mass is 9.98. The third-order valence-electron chi connectivity index (χ3n) is 4.40. The fraction of sp³-hybridized carbons (Fsp3) is 0.412. The van der Waals surface area contributed by atoms with E-state index in [1.165, 1.54) is 4.57 Å². The first-order valence-electron chi connectivity index (χ1n) is 8.01. The molecule has 0 aliphatic carbocycles. The summed E-state index contributed by atoms with van der Waals surface area (Å²) in [6.45, 7) is 3.80. The molecule has 1 N–H and O–H groups in total. The Bertz CT molecular complexity index is 788. The molecule has 1 atom stereocenters. The van der Waals surface area contributed by atoms with E-state index in [-0.39, 0.29) is 11.5 Å². The van der Waals surface area contributed by atoms with Gasteiger partial charge in [0.2, 0.25) is 5.95 Å². The number of carboxylic acids is 1. The summed E-state index contributed by atoms with van der Waals surface area (Å²) < 4.78 is 1.51. The summed E-state index contributed by atoms with van der Waals surface area (Å²) in [6.07, 6.45) is 7.11. The maximum absolute atomic E-state index is 12.4. The van der Waals surface area contributed by atoms with Gasteiger partial charge in [-0.2, -0.15) is 0 Å². The smallest absolute Gasteiger partial charge is 0.341 e. The first-order valence-corrected chi connectivity index (χ1v) is 8.01. The number of rotatable bonds is 4. The summed E-state index contributed by atoms with van der Waals surface area (Å²) in [4.78, 5) is 34.4. The number of nitrogens with zero attached hydrogens (tertiary/aromatic N) is 4. The van der Waals surface area contributed by atoms with Crippen LogP contribution in [0.4, 0.5) is 5.95 Å². The molecule has 126 valence electrons. The van der Waals surface area contributed by atoms with Crippen molar-refractivity contribution in [3.05, 3.63) is 52.2 Å². The van der Waals surface area contributed by atoms with Gasteiger partial charge in [0.15, 0.2) is 0 Å². The summed E-state index contributed by atoms with van der Waals surface area (Å²) >= 11 is 0. The van der Waals surface area contributed by atoms with Crippen molar-refractivity contribution in [3.8, 4) is 0 Å². The van der Waals surface area contributed by atoms with Crippen LogP contribution < -0.4 is 10.5 Å². The van der Waals surface area contributed by atoms with E-state index >= 15 is 0 Å². The largest absolute Gasteiger partial charge is 0.477 e. The molecule has 1 aliphatic rings. The Hall–Kier alpha value is -2.70. The Kier molecular flexibility index (Phi) is 4.59. The third kappa shape index (κ3) is 3.29. The second-order valence-corrected chi connectivity index (χ2v) is 6.14. The molecule has 3 rings (SSSR count). The highest BCUT2D eigenvalue weighted by molar-refractivity contribution is 5.88. The van der Waals surface area contributed by atoms with E-state index in [2.05, 4.69) is 14.9 Å². The van der Waals surface area contributed by atoms with Crippen LogP contribution in [0.2, 0.25) is 0 Å². The van der Waals surface area contributed by atoms with Crippen molar-refractivity contribution < 1.29 is 9.90 Å². The number of aromatic nitrogens is 3. The van der Waals surface area contributed by atoms with Gasteiger partial charge in [-0.3, -0.25) is 4.79 Å². The number of piperidine rings is 1. The van der Waals surface area contributed by atoms with Crippen molar-refractivity contribution in [1.82, 2.24) is 14.5 Å². The SMILES string of the molecule is Cc1ccn(CC2CCCN(c3ncccn3)C2)c(=O)c1C(=O)O. The molecule has 0 bridgehead atoms. The zero-order valence-electron chi connectivity index (χ0n) is 13.6. The number of hydrogen-bond donors (Lipinski definition) is 1. The fourth-order valence-corrected chi connectivity index (χ4v) is 3.20. The second-order valence-electron chi connectivity index (χ2n) is 6.14. The fourth-order valence-electron chi connectivity index (χ4n) is 3.20. The van der Waals surface area contributed by atoms with Crippen molar-refractivity contribution in [2.45, 2.75) is 26.3 Å². The van der Waals surface area contributed by atoms with Crippen LogP contribution in [0.25, 0.3) is 0 Å². The molecule has 0 spiro atoms. The number of pyridine rings is 1. The van der Waals surface area contributed by atoms with Gasteiger partial charge in [0, 0.05) is 38.2 Å². The zero-order chi connectivity index (χ0) is 17.1. The van der Waals surface area contributed by atoms with Crippen LogP contribution in [-0.2, 0) is 6.54 Å². The number of aromatic carboxylic acids is 1. The molecule has 1 aliphatic heterocycles. The lowest BCUT2D eigenvalue weighted by Crippen LogP contribution is -2.39. The van der Waals surface area contributed by atoms with Crippen LogP contribution in [0.3, 0.4) is 0 Å². The van der Waals surface area contributed by atoms with E-state index in [0.717, 1.165) is 25.9 Å². The zero-order valence-corrected chi connectivity index (χ0v) is 13.6. The van der Waals surface area contributed by atoms with Gasteiger partial charge in [-0.25, -0.2) is 14.8 Å². The summed E-state index contributed by atoms with van der Waals surface area (Å²) in [5.41, 5.74) is -0.0844. The van der Waals surface area contributed by atoms with E-state index in [0.29, 0.717) is 18.1 Å². The Balaban J connectivity index is 1.78. The standard InChI is InChI=1S/C17H20N4O3/c1-12-5-9-20(15(22)14(12)16(23)24)10-13-4-2-8-21(11-13)17-18-6-3-7-19-17/h3,5-7,9,13H,2,4,8,10-11H2,1H3,(H,23,24). The molecular weight excluding hydrogens is 308 g/mol. The Morgan fingerprint density at radius 2 is 2.12 bits per heavy atom. The first kappa shape index (κ1) is 16.2. The van der Waals surface area contributed by atoms with Crippen LogP contribution >= 0.6 is 0 Å². The molecule has 7 heteroatoms. The molecule has 0 radical (unpaired) electrons. The normalized spacial score (nSPS) is 17.7. The highest BCUT2D eigenvalue weighted by Gasteiger charge is 2.23. The number of hydrogen-bond acceptors (Lipinski definition) is 5.